The van der Waals surface area contributed by atoms with Crippen LogP contribution in [-0.2, 0) is 9.59 Å². The molecule has 0 aromatic rings. The summed E-state index contributed by atoms with van der Waals surface area (Å²) in [5.41, 5.74) is -1.26. The van der Waals surface area contributed by atoms with Gasteiger partial charge in [0.2, 0.25) is 0 Å². The summed E-state index contributed by atoms with van der Waals surface area (Å²) in [6.07, 6.45) is -4.97. The van der Waals surface area contributed by atoms with Crippen LogP contribution >= 0.6 is 11.8 Å². The second kappa shape index (κ2) is 5.16. The van der Waals surface area contributed by atoms with Crippen LogP contribution < -0.4 is 5.32 Å². The van der Waals surface area contributed by atoms with E-state index in [9.17, 15) is 22.8 Å². The van der Waals surface area contributed by atoms with E-state index in [0.29, 0.717) is 11.5 Å². The lowest BCUT2D eigenvalue weighted by Gasteiger charge is -2.36. The van der Waals surface area contributed by atoms with Gasteiger partial charge in [0.05, 0.1) is 12.0 Å². The second-order valence-corrected chi connectivity index (χ2v) is 5.14. The van der Waals surface area contributed by atoms with Crippen LogP contribution in [-0.4, -0.2) is 40.2 Å². The van der Waals surface area contributed by atoms with E-state index < -0.39 is 30.0 Å². The van der Waals surface area contributed by atoms with Gasteiger partial charge in [0.15, 0.2) is 0 Å². The average Bonchev–Trinajstić information content (AvgIpc) is 2.15. The van der Waals surface area contributed by atoms with Crippen LogP contribution in [0.2, 0.25) is 0 Å². The predicted molar refractivity (Wildman–Crippen MR) is 55.7 cm³/mol. The number of carboxylic acid groups (broad SMARTS) is 1. The first-order valence-corrected chi connectivity index (χ1v) is 6.10. The van der Waals surface area contributed by atoms with E-state index in [-0.39, 0.29) is 12.8 Å². The summed E-state index contributed by atoms with van der Waals surface area (Å²) in [4.78, 5) is 21.5. The Bertz CT molecular complexity index is 313. The molecule has 0 aromatic heterocycles. The third kappa shape index (κ3) is 4.10. The molecule has 0 radical (unpaired) electrons. The molecule has 1 aliphatic heterocycles. The molecule has 1 heterocycles. The highest BCUT2D eigenvalue weighted by Crippen LogP contribution is 2.31. The topological polar surface area (TPSA) is 66.4 Å². The van der Waals surface area contributed by atoms with Gasteiger partial charge in [-0.15, -0.1) is 0 Å². The van der Waals surface area contributed by atoms with Crippen molar-refractivity contribution in [1.29, 1.82) is 0 Å². The Morgan fingerprint density at radius 3 is 2.24 bits per heavy atom. The van der Waals surface area contributed by atoms with Crippen molar-refractivity contribution in [3.8, 4) is 0 Å². The molecule has 1 amide bonds. The molecule has 17 heavy (non-hydrogen) atoms. The molecule has 4 nitrogen and oxygen atoms in total. The van der Waals surface area contributed by atoms with Gasteiger partial charge < -0.3 is 10.4 Å². The summed E-state index contributed by atoms with van der Waals surface area (Å²) in [6.45, 7) is 0. The summed E-state index contributed by atoms with van der Waals surface area (Å²) in [5.74, 6) is -2.18. The Labute approximate surface area is 99.9 Å². The van der Waals surface area contributed by atoms with Crippen molar-refractivity contribution in [3.05, 3.63) is 0 Å². The number of carbonyl (C=O) groups excluding carboxylic acids is 1. The highest BCUT2D eigenvalue weighted by atomic mass is 32.2. The van der Waals surface area contributed by atoms with Crippen molar-refractivity contribution in [2.45, 2.75) is 31.0 Å². The minimum atomic E-state index is -4.98. The Morgan fingerprint density at radius 1 is 1.29 bits per heavy atom. The fourth-order valence-corrected chi connectivity index (χ4v) is 2.98. The first kappa shape index (κ1) is 14.1. The standard InChI is InChI=1S/C9H12F3NO3S/c10-9(11,12)7(16)13-8(5-6(14)15)1-3-17-4-2-8/h1-5H2,(H,13,16)(H,14,15). The van der Waals surface area contributed by atoms with Crippen LogP contribution in [0.4, 0.5) is 13.2 Å². The average molecular weight is 271 g/mol. The minimum Gasteiger partial charge on any atom is -0.481 e. The van der Waals surface area contributed by atoms with E-state index in [1.54, 1.807) is 0 Å². The summed E-state index contributed by atoms with van der Waals surface area (Å²) in [5, 5.41) is 10.6. The predicted octanol–water partition coefficient (Wildman–Crippen LogP) is 1.41. The Hall–Kier alpha value is -0.920. The number of carbonyl (C=O) groups is 2. The summed E-state index contributed by atoms with van der Waals surface area (Å²) < 4.78 is 36.4. The van der Waals surface area contributed by atoms with Crippen LogP contribution in [0.3, 0.4) is 0 Å². The first-order chi connectivity index (χ1) is 7.75. The number of amides is 1. The number of thioether (sulfide) groups is 1. The monoisotopic (exact) mass is 271 g/mol. The number of halogens is 3. The van der Waals surface area contributed by atoms with E-state index in [1.807, 2.05) is 5.32 Å². The van der Waals surface area contributed by atoms with Crippen LogP contribution in [0.1, 0.15) is 19.3 Å². The number of carboxylic acids is 1. The van der Waals surface area contributed by atoms with Gasteiger partial charge >= 0.3 is 18.1 Å². The summed E-state index contributed by atoms with van der Waals surface area (Å²) in [7, 11) is 0. The Kier molecular flexibility index (Phi) is 4.29. The zero-order valence-corrected chi connectivity index (χ0v) is 9.66. The number of hydrogen-bond donors (Lipinski definition) is 2. The number of alkyl halides is 3. The van der Waals surface area contributed by atoms with Gasteiger partial charge in [-0.2, -0.15) is 24.9 Å². The largest absolute Gasteiger partial charge is 0.481 e. The number of aliphatic carboxylic acids is 1. The van der Waals surface area contributed by atoms with E-state index in [0.717, 1.165) is 0 Å². The zero-order valence-electron chi connectivity index (χ0n) is 8.84. The number of rotatable bonds is 3. The van der Waals surface area contributed by atoms with Crippen LogP contribution in [0.15, 0.2) is 0 Å². The maximum Gasteiger partial charge on any atom is 0.471 e. The van der Waals surface area contributed by atoms with Gasteiger partial charge in [-0.25, -0.2) is 0 Å². The molecular formula is C9H12F3NO3S. The highest BCUT2D eigenvalue weighted by molar-refractivity contribution is 7.99. The lowest BCUT2D eigenvalue weighted by atomic mass is 9.88. The van der Waals surface area contributed by atoms with E-state index in [1.165, 1.54) is 11.8 Å². The van der Waals surface area contributed by atoms with Crippen molar-refractivity contribution in [2.75, 3.05) is 11.5 Å². The van der Waals surface area contributed by atoms with Gasteiger partial charge in [-0.1, -0.05) is 0 Å². The molecule has 1 aliphatic rings. The molecule has 1 saturated heterocycles. The van der Waals surface area contributed by atoms with Crippen molar-refractivity contribution in [3.63, 3.8) is 0 Å². The molecule has 0 aliphatic carbocycles. The van der Waals surface area contributed by atoms with Crippen molar-refractivity contribution in [2.24, 2.45) is 0 Å². The maximum atomic E-state index is 12.1. The fraction of sp³-hybridized carbons (Fsp3) is 0.778. The quantitative estimate of drug-likeness (QED) is 0.814. The normalized spacial score (nSPS) is 19.7. The van der Waals surface area contributed by atoms with Gasteiger partial charge in [-0.3, -0.25) is 9.59 Å². The SMILES string of the molecule is O=C(O)CC1(NC(=O)C(F)(F)F)CCSCC1. The van der Waals surface area contributed by atoms with E-state index in [2.05, 4.69) is 0 Å². The smallest absolute Gasteiger partial charge is 0.471 e. The Balaban J connectivity index is 2.76. The van der Waals surface area contributed by atoms with Crippen molar-refractivity contribution in [1.82, 2.24) is 5.32 Å². The molecule has 0 spiro atoms. The molecule has 98 valence electrons. The molecule has 0 atom stereocenters. The van der Waals surface area contributed by atoms with Gasteiger partial charge in [-0.05, 0) is 24.3 Å². The molecule has 0 aromatic carbocycles. The zero-order chi connectivity index (χ0) is 13.1. The summed E-state index contributed by atoms with van der Waals surface area (Å²) in [6, 6.07) is 0. The molecule has 0 unspecified atom stereocenters. The highest BCUT2D eigenvalue weighted by Gasteiger charge is 2.45. The van der Waals surface area contributed by atoms with Crippen LogP contribution in [0.25, 0.3) is 0 Å². The Morgan fingerprint density at radius 2 is 1.82 bits per heavy atom. The molecule has 8 heteroatoms. The van der Waals surface area contributed by atoms with Crippen molar-refractivity contribution < 1.29 is 27.9 Å². The minimum absolute atomic E-state index is 0.242. The van der Waals surface area contributed by atoms with Gasteiger partial charge in [0, 0.05) is 0 Å². The van der Waals surface area contributed by atoms with E-state index in [4.69, 9.17) is 5.11 Å². The third-order valence-corrected chi connectivity index (χ3v) is 3.56. The molecule has 0 bridgehead atoms. The number of hydrogen-bond acceptors (Lipinski definition) is 3. The molecular weight excluding hydrogens is 259 g/mol. The summed E-state index contributed by atoms with van der Waals surface area (Å²) >= 11 is 1.53. The maximum absolute atomic E-state index is 12.1. The lowest BCUT2D eigenvalue weighted by molar-refractivity contribution is -0.176. The van der Waals surface area contributed by atoms with E-state index >= 15 is 0 Å². The lowest BCUT2D eigenvalue weighted by Crippen LogP contribution is -2.55. The molecule has 2 N–H and O–H groups in total. The first-order valence-electron chi connectivity index (χ1n) is 4.94. The van der Waals surface area contributed by atoms with Crippen LogP contribution in [0.5, 0.6) is 0 Å². The van der Waals surface area contributed by atoms with Gasteiger partial charge in [0.1, 0.15) is 0 Å². The molecule has 1 fully saturated rings. The molecule has 1 rings (SSSR count). The number of nitrogens with one attached hydrogen (secondary N) is 1. The van der Waals surface area contributed by atoms with Crippen LogP contribution in [0, 0.1) is 0 Å². The van der Waals surface area contributed by atoms with Crippen molar-refractivity contribution >= 4 is 23.6 Å². The third-order valence-electron chi connectivity index (χ3n) is 2.58. The fourth-order valence-electron chi connectivity index (χ4n) is 1.71. The second-order valence-electron chi connectivity index (χ2n) is 3.92. The van der Waals surface area contributed by atoms with Gasteiger partial charge in [0.25, 0.3) is 0 Å². The molecule has 0 saturated carbocycles.